The summed E-state index contributed by atoms with van der Waals surface area (Å²) in [4.78, 5) is 2.64. The lowest BCUT2D eigenvalue weighted by molar-refractivity contribution is 0.163. The molecule has 2 fully saturated rings. The second-order valence-corrected chi connectivity index (χ2v) is 6.62. The molecule has 0 spiro atoms. The molecule has 1 heterocycles. The van der Waals surface area contributed by atoms with Crippen molar-refractivity contribution in [3.8, 4) is 0 Å². The lowest BCUT2D eigenvalue weighted by atomic mass is 9.97. The number of piperidine rings is 1. The molecule has 1 aliphatic heterocycles. The van der Waals surface area contributed by atoms with Gasteiger partial charge in [0.2, 0.25) is 0 Å². The first-order valence-electron chi connectivity index (χ1n) is 8.40. The average molecular weight is 272 g/mol. The summed E-state index contributed by atoms with van der Waals surface area (Å²) in [5, 5.41) is 3.81. The van der Waals surface area contributed by atoms with Crippen molar-refractivity contribution in [2.45, 2.75) is 51.1 Å². The molecule has 110 valence electrons. The summed E-state index contributed by atoms with van der Waals surface area (Å²) < 4.78 is 0. The van der Waals surface area contributed by atoms with Crippen LogP contribution in [-0.2, 0) is 6.54 Å². The summed E-state index contributed by atoms with van der Waals surface area (Å²) >= 11 is 0. The van der Waals surface area contributed by atoms with Crippen molar-refractivity contribution in [3.05, 3.63) is 35.9 Å². The fourth-order valence-corrected chi connectivity index (χ4v) is 3.77. The highest BCUT2D eigenvalue weighted by Gasteiger charge is 2.21. The fraction of sp³-hybridized carbons (Fsp3) is 0.667. The highest BCUT2D eigenvalue weighted by Crippen LogP contribution is 2.21. The van der Waals surface area contributed by atoms with E-state index in [1.807, 2.05) is 0 Å². The number of benzene rings is 1. The third kappa shape index (κ3) is 4.07. The van der Waals surface area contributed by atoms with Crippen molar-refractivity contribution in [1.82, 2.24) is 10.2 Å². The minimum atomic E-state index is 0.819. The molecule has 1 aliphatic carbocycles. The van der Waals surface area contributed by atoms with Crippen molar-refractivity contribution < 1.29 is 0 Å². The standard InChI is InChI=1S/C18H28N2/c1-2-7-16(8-3-1)14-20-12-6-9-17(15-20)13-19-18-10-4-5-11-18/h1-3,7-8,17-19H,4-6,9-15H2/t17-/m1/s1. The Morgan fingerprint density at radius 3 is 2.60 bits per heavy atom. The highest BCUT2D eigenvalue weighted by atomic mass is 15.1. The van der Waals surface area contributed by atoms with Gasteiger partial charge in [-0.1, -0.05) is 43.2 Å². The molecule has 0 aromatic heterocycles. The van der Waals surface area contributed by atoms with Crippen LogP contribution in [0.15, 0.2) is 30.3 Å². The van der Waals surface area contributed by atoms with Gasteiger partial charge in [-0.25, -0.2) is 0 Å². The second kappa shape index (κ2) is 7.24. The number of hydrogen-bond donors (Lipinski definition) is 1. The molecule has 2 aliphatic rings. The largest absolute Gasteiger partial charge is 0.314 e. The van der Waals surface area contributed by atoms with Crippen LogP contribution in [0, 0.1) is 5.92 Å². The van der Waals surface area contributed by atoms with E-state index in [4.69, 9.17) is 0 Å². The van der Waals surface area contributed by atoms with Crippen LogP contribution in [0.5, 0.6) is 0 Å². The summed E-state index contributed by atoms with van der Waals surface area (Å²) in [5.74, 6) is 0.855. The Labute approximate surface area is 123 Å². The molecule has 0 bridgehead atoms. The van der Waals surface area contributed by atoms with Gasteiger partial charge in [-0.3, -0.25) is 4.90 Å². The summed E-state index contributed by atoms with van der Waals surface area (Å²) in [6.07, 6.45) is 8.45. The molecule has 2 heteroatoms. The summed E-state index contributed by atoms with van der Waals surface area (Å²) in [5.41, 5.74) is 1.46. The van der Waals surface area contributed by atoms with Crippen LogP contribution in [0.4, 0.5) is 0 Å². The Bertz CT molecular complexity index is 384. The predicted octanol–water partition coefficient (Wildman–Crippen LogP) is 3.43. The van der Waals surface area contributed by atoms with E-state index in [0.29, 0.717) is 0 Å². The Kier molecular flexibility index (Phi) is 5.10. The van der Waals surface area contributed by atoms with Crippen LogP contribution in [0.2, 0.25) is 0 Å². The van der Waals surface area contributed by atoms with Crippen molar-refractivity contribution in [3.63, 3.8) is 0 Å². The molecule has 1 aromatic carbocycles. The third-order valence-corrected chi connectivity index (χ3v) is 4.90. The van der Waals surface area contributed by atoms with Crippen LogP contribution >= 0.6 is 0 Å². The topological polar surface area (TPSA) is 15.3 Å². The lowest BCUT2D eigenvalue weighted by Crippen LogP contribution is -2.41. The molecule has 20 heavy (non-hydrogen) atoms. The van der Waals surface area contributed by atoms with E-state index >= 15 is 0 Å². The van der Waals surface area contributed by atoms with Crippen molar-refractivity contribution in [2.24, 2.45) is 5.92 Å². The first kappa shape index (κ1) is 14.1. The second-order valence-electron chi connectivity index (χ2n) is 6.62. The van der Waals surface area contributed by atoms with Crippen LogP contribution in [0.3, 0.4) is 0 Å². The van der Waals surface area contributed by atoms with Gasteiger partial charge in [0.25, 0.3) is 0 Å². The molecular formula is C18H28N2. The van der Waals surface area contributed by atoms with E-state index in [2.05, 4.69) is 40.5 Å². The minimum absolute atomic E-state index is 0.819. The number of rotatable bonds is 5. The van der Waals surface area contributed by atoms with Gasteiger partial charge in [-0.2, -0.15) is 0 Å². The summed E-state index contributed by atoms with van der Waals surface area (Å²) in [7, 11) is 0. The maximum absolute atomic E-state index is 3.81. The first-order chi connectivity index (χ1) is 9.90. The van der Waals surface area contributed by atoms with Gasteiger partial charge in [0, 0.05) is 19.1 Å². The maximum atomic E-state index is 3.81. The quantitative estimate of drug-likeness (QED) is 0.883. The van der Waals surface area contributed by atoms with E-state index < -0.39 is 0 Å². The third-order valence-electron chi connectivity index (χ3n) is 4.90. The van der Waals surface area contributed by atoms with Gasteiger partial charge in [0.05, 0.1) is 0 Å². The van der Waals surface area contributed by atoms with Gasteiger partial charge in [0.15, 0.2) is 0 Å². The molecule has 0 radical (unpaired) electrons. The van der Waals surface area contributed by atoms with Gasteiger partial charge < -0.3 is 5.32 Å². The zero-order valence-corrected chi connectivity index (χ0v) is 12.6. The smallest absolute Gasteiger partial charge is 0.0233 e. The van der Waals surface area contributed by atoms with E-state index in [-0.39, 0.29) is 0 Å². The normalized spacial score (nSPS) is 25.1. The van der Waals surface area contributed by atoms with Crippen molar-refractivity contribution >= 4 is 0 Å². The summed E-state index contributed by atoms with van der Waals surface area (Å²) in [6.45, 7) is 4.90. The molecule has 1 saturated carbocycles. The SMILES string of the molecule is c1ccc(CN2CCC[C@H](CNC3CCCC3)C2)cc1. The van der Waals surface area contributed by atoms with E-state index in [1.54, 1.807) is 0 Å². The van der Waals surface area contributed by atoms with Crippen molar-refractivity contribution in [1.29, 1.82) is 0 Å². The van der Waals surface area contributed by atoms with Crippen LogP contribution in [-0.4, -0.2) is 30.6 Å². The molecule has 1 aromatic rings. The van der Waals surface area contributed by atoms with Crippen LogP contribution < -0.4 is 5.32 Å². The lowest BCUT2D eigenvalue weighted by Gasteiger charge is -2.33. The van der Waals surface area contributed by atoms with E-state index in [0.717, 1.165) is 18.5 Å². The summed E-state index contributed by atoms with van der Waals surface area (Å²) in [6, 6.07) is 11.7. The van der Waals surface area contributed by atoms with E-state index in [9.17, 15) is 0 Å². The van der Waals surface area contributed by atoms with Gasteiger partial charge in [-0.15, -0.1) is 0 Å². The fourth-order valence-electron chi connectivity index (χ4n) is 3.77. The Balaban J connectivity index is 1.44. The van der Waals surface area contributed by atoms with Gasteiger partial charge in [0.1, 0.15) is 0 Å². The minimum Gasteiger partial charge on any atom is -0.314 e. The Morgan fingerprint density at radius 2 is 1.80 bits per heavy atom. The molecular weight excluding hydrogens is 244 g/mol. The number of likely N-dealkylation sites (tertiary alicyclic amines) is 1. The van der Waals surface area contributed by atoms with Gasteiger partial charge in [-0.05, 0) is 50.3 Å². The molecule has 0 amide bonds. The van der Waals surface area contributed by atoms with Crippen LogP contribution in [0.1, 0.15) is 44.1 Å². The van der Waals surface area contributed by atoms with Crippen molar-refractivity contribution in [2.75, 3.05) is 19.6 Å². The Morgan fingerprint density at radius 1 is 1.00 bits per heavy atom. The highest BCUT2D eigenvalue weighted by molar-refractivity contribution is 5.14. The number of nitrogens with zero attached hydrogens (tertiary/aromatic N) is 1. The zero-order valence-electron chi connectivity index (χ0n) is 12.6. The number of hydrogen-bond acceptors (Lipinski definition) is 2. The molecule has 2 nitrogen and oxygen atoms in total. The molecule has 1 saturated heterocycles. The molecule has 1 atom stereocenters. The predicted molar refractivity (Wildman–Crippen MR) is 84.7 cm³/mol. The molecule has 0 unspecified atom stereocenters. The monoisotopic (exact) mass is 272 g/mol. The number of nitrogens with one attached hydrogen (secondary N) is 1. The molecule has 3 rings (SSSR count). The zero-order chi connectivity index (χ0) is 13.6. The first-order valence-corrected chi connectivity index (χ1v) is 8.40. The molecule has 1 N–H and O–H groups in total. The Hall–Kier alpha value is -0.860. The van der Waals surface area contributed by atoms with E-state index in [1.165, 1.54) is 63.7 Å². The maximum Gasteiger partial charge on any atom is 0.0233 e. The van der Waals surface area contributed by atoms with Crippen LogP contribution in [0.25, 0.3) is 0 Å². The average Bonchev–Trinajstić information content (AvgIpc) is 3.00. The van der Waals surface area contributed by atoms with Gasteiger partial charge >= 0.3 is 0 Å².